The van der Waals surface area contributed by atoms with Crippen molar-refractivity contribution in [2.24, 2.45) is 5.92 Å². The van der Waals surface area contributed by atoms with Gasteiger partial charge in [0.25, 0.3) is 0 Å². The Morgan fingerprint density at radius 2 is 2.23 bits per heavy atom. The third kappa shape index (κ3) is 2.62. The molecular weight excluding hydrogens is 291 g/mol. The minimum atomic E-state index is 0.385. The lowest BCUT2D eigenvalue weighted by Crippen LogP contribution is -1.89. The highest BCUT2D eigenvalue weighted by Gasteiger charge is 2.26. The summed E-state index contributed by atoms with van der Waals surface area (Å²) in [5.74, 6) is 0.902. The van der Waals surface area contributed by atoms with Gasteiger partial charge in [-0.1, -0.05) is 52.0 Å². The summed E-state index contributed by atoms with van der Waals surface area (Å²) in [6.45, 7) is 0. The molecule has 0 spiro atoms. The van der Waals surface area contributed by atoms with E-state index in [0.717, 1.165) is 20.2 Å². The SMILES string of the molecule is Clc1cc(C(Br)CC2CC2)c(Cl)s1. The highest BCUT2D eigenvalue weighted by Crippen LogP contribution is 2.45. The van der Waals surface area contributed by atoms with Gasteiger partial charge in [0.1, 0.15) is 0 Å². The monoisotopic (exact) mass is 298 g/mol. The van der Waals surface area contributed by atoms with Gasteiger partial charge in [0.2, 0.25) is 0 Å². The third-order valence-electron chi connectivity index (χ3n) is 2.26. The van der Waals surface area contributed by atoms with E-state index in [4.69, 9.17) is 23.2 Å². The van der Waals surface area contributed by atoms with E-state index < -0.39 is 0 Å². The number of rotatable bonds is 3. The quantitative estimate of drug-likeness (QED) is 0.665. The van der Waals surface area contributed by atoms with Gasteiger partial charge in [0.15, 0.2) is 0 Å². The Kier molecular flexibility index (Phi) is 3.24. The molecule has 13 heavy (non-hydrogen) atoms. The maximum absolute atomic E-state index is 6.05. The van der Waals surface area contributed by atoms with Crippen molar-refractivity contribution in [1.82, 2.24) is 0 Å². The smallest absolute Gasteiger partial charge is 0.0987 e. The van der Waals surface area contributed by atoms with Gasteiger partial charge in [-0.05, 0) is 24.0 Å². The predicted octanol–water partition coefficient (Wildman–Crippen LogP) is 5.29. The Labute approximate surface area is 100 Å². The van der Waals surface area contributed by atoms with Gasteiger partial charge in [-0.3, -0.25) is 0 Å². The first-order valence-electron chi connectivity index (χ1n) is 4.25. The molecule has 0 amide bonds. The lowest BCUT2D eigenvalue weighted by atomic mass is 10.1. The fourth-order valence-corrected chi connectivity index (χ4v) is 4.09. The van der Waals surface area contributed by atoms with Crippen LogP contribution in [0.15, 0.2) is 6.07 Å². The Morgan fingerprint density at radius 3 is 2.69 bits per heavy atom. The molecule has 0 bridgehead atoms. The van der Waals surface area contributed by atoms with E-state index in [1.165, 1.54) is 30.6 Å². The minimum absolute atomic E-state index is 0.385. The summed E-state index contributed by atoms with van der Waals surface area (Å²) in [5, 5.41) is 0. The highest BCUT2D eigenvalue weighted by molar-refractivity contribution is 9.09. The molecule has 2 rings (SSSR count). The summed E-state index contributed by atoms with van der Waals surface area (Å²) < 4.78 is 1.60. The van der Waals surface area contributed by atoms with Gasteiger partial charge < -0.3 is 0 Å². The molecule has 0 N–H and O–H groups in total. The normalized spacial score (nSPS) is 19.0. The van der Waals surface area contributed by atoms with Crippen LogP contribution in [0.5, 0.6) is 0 Å². The molecule has 1 aliphatic rings. The summed E-state index contributed by atoms with van der Waals surface area (Å²) in [6, 6.07) is 1.97. The molecule has 0 saturated heterocycles. The molecule has 4 heteroatoms. The van der Waals surface area contributed by atoms with Crippen molar-refractivity contribution in [3.63, 3.8) is 0 Å². The van der Waals surface area contributed by atoms with Gasteiger partial charge in [-0.2, -0.15) is 0 Å². The van der Waals surface area contributed by atoms with Gasteiger partial charge in [0.05, 0.1) is 8.67 Å². The van der Waals surface area contributed by atoms with Gasteiger partial charge in [-0.15, -0.1) is 11.3 Å². The lowest BCUT2D eigenvalue weighted by Gasteiger charge is -2.06. The van der Waals surface area contributed by atoms with Crippen molar-refractivity contribution in [2.45, 2.75) is 24.1 Å². The van der Waals surface area contributed by atoms with Crippen LogP contribution >= 0.6 is 50.5 Å². The van der Waals surface area contributed by atoms with Crippen LogP contribution in [0.3, 0.4) is 0 Å². The molecule has 1 aromatic heterocycles. The molecule has 1 unspecified atom stereocenters. The first-order valence-corrected chi connectivity index (χ1v) is 6.74. The average molecular weight is 300 g/mol. The molecular formula is C9H9BrCl2S. The second kappa shape index (κ2) is 4.09. The van der Waals surface area contributed by atoms with Crippen molar-refractivity contribution in [3.8, 4) is 0 Å². The van der Waals surface area contributed by atoms with Crippen LogP contribution in [0.2, 0.25) is 8.67 Å². The number of hydrogen-bond acceptors (Lipinski definition) is 1. The molecule has 0 radical (unpaired) electrons. The molecule has 72 valence electrons. The maximum atomic E-state index is 6.05. The summed E-state index contributed by atoms with van der Waals surface area (Å²) in [6.07, 6.45) is 3.93. The zero-order valence-corrected chi connectivity index (χ0v) is 10.8. The molecule has 1 heterocycles. The minimum Gasteiger partial charge on any atom is -0.111 e. The molecule has 1 aromatic rings. The predicted molar refractivity (Wildman–Crippen MR) is 63.3 cm³/mol. The van der Waals surface area contributed by atoms with Crippen LogP contribution in [-0.2, 0) is 0 Å². The van der Waals surface area contributed by atoms with Crippen molar-refractivity contribution in [2.75, 3.05) is 0 Å². The van der Waals surface area contributed by atoms with Gasteiger partial charge in [0, 0.05) is 4.83 Å². The summed E-state index contributed by atoms with van der Waals surface area (Å²) in [7, 11) is 0. The second-order valence-corrected chi connectivity index (χ2v) is 6.82. The maximum Gasteiger partial charge on any atom is 0.0987 e. The van der Waals surface area contributed by atoms with Crippen LogP contribution in [0.25, 0.3) is 0 Å². The molecule has 1 saturated carbocycles. The van der Waals surface area contributed by atoms with E-state index in [1.807, 2.05) is 6.07 Å². The molecule has 1 atom stereocenters. The fraction of sp³-hybridized carbons (Fsp3) is 0.556. The molecule has 0 aliphatic heterocycles. The van der Waals surface area contributed by atoms with E-state index >= 15 is 0 Å². The first-order chi connectivity index (χ1) is 6.16. The Morgan fingerprint density at radius 1 is 1.54 bits per heavy atom. The van der Waals surface area contributed by atoms with Crippen LogP contribution < -0.4 is 0 Å². The van der Waals surface area contributed by atoms with E-state index in [1.54, 1.807) is 0 Å². The third-order valence-corrected chi connectivity index (χ3v) is 4.64. The fourth-order valence-electron chi connectivity index (χ4n) is 1.34. The molecule has 1 fully saturated rings. The topological polar surface area (TPSA) is 0 Å². The molecule has 0 aromatic carbocycles. The van der Waals surface area contributed by atoms with Crippen molar-refractivity contribution in [1.29, 1.82) is 0 Å². The number of thiophene rings is 1. The molecule has 1 aliphatic carbocycles. The Bertz CT molecular complexity index is 307. The van der Waals surface area contributed by atoms with E-state index in [-0.39, 0.29) is 0 Å². The van der Waals surface area contributed by atoms with Crippen LogP contribution in [0.4, 0.5) is 0 Å². The van der Waals surface area contributed by atoms with Crippen LogP contribution in [0, 0.1) is 5.92 Å². The summed E-state index contributed by atoms with van der Waals surface area (Å²) in [4.78, 5) is 0.385. The van der Waals surface area contributed by atoms with E-state index in [2.05, 4.69) is 15.9 Å². The van der Waals surface area contributed by atoms with Crippen molar-refractivity contribution < 1.29 is 0 Å². The Hall–Kier alpha value is 0.760. The standard InChI is InChI=1S/C9H9BrCl2S/c10-7(3-5-1-2-5)6-4-8(11)13-9(6)12/h4-5,7H,1-3H2. The zero-order valence-electron chi connectivity index (χ0n) is 6.90. The average Bonchev–Trinajstić information content (AvgIpc) is 2.77. The van der Waals surface area contributed by atoms with E-state index in [9.17, 15) is 0 Å². The van der Waals surface area contributed by atoms with Crippen LogP contribution in [-0.4, -0.2) is 0 Å². The van der Waals surface area contributed by atoms with Crippen molar-refractivity contribution in [3.05, 3.63) is 20.3 Å². The van der Waals surface area contributed by atoms with E-state index in [0.29, 0.717) is 4.83 Å². The number of hydrogen-bond donors (Lipinski definition) is 0. The summed E-state index contributed by atoms with van der Waals surface area (Å²) in [5.41, 5.74) is 1.16. The lowest BCUT2D eigenvalue weighted by molar-refractivity contribution is 0.723. The van der Waals surface area contributed by atoms with Gasteiger partial charge in [-0.25, -0.2) is 0 Å². The Balaban J connectivity index is 2.08. The molecule has 0 nitrogen and oxygen atoms in total. The zero-order chi connectivity index (χ0) is 9.42. The highest BCUT2D eigenvalue weighted by atomic mass is 79.9. The van der Waals surface area contributed by atoms with Gasteiger partial charge >= 0.3 is 0 Å². The van der Waals surface area contributed by atoms with Crippen molar-refractivity contribution >= 4 is 50.5 Å². The number of alkyl halides is 1. The second-order valence-electron chi connectivity index (χ2n) is 3.43. The first kappa shape index (κ1) is 10.3. The largest absolute Gasteiger partial charge is 0.111 e. The number of halogens is 3. The van der Waals surface area contributed by atoms with Crippen LogP contribution in [0.1, 0.15) is 29.7 Å². The summed E-state index contributed by atoms with van der Waals surface area (Å²) >= 11 is 17.0.